The molecule has 1 aromatic carbocycles. The molecule has 1 aliphatic rings. The monoisotopic (exact) mass is 365 g/mol. The van der Waals surface area contributed by atoms with E-state index in [1.807, 2.05) is 6.92 Å². The molecule has 1 aromatic rings. The van der Waals surface area contributed by atoms with Gasteiger partial charge in [-0.15, -0.1) is 0 Å². The number of piperidine rings is 1. The predicted octanol–water partition coefficient (Wildman–Crippen LogP) is 1.04. The number of amides is 1. The minimum absolute atomic E-state index is 0.0410. The molecule has 7 nitrogen and oxygen atoms in total. The topological polar surface area (TPSA) is 99.5 Å². The fourth-order valence-electron chi connectivity index (χ4n) is 2.81. The minimum atomic E-state index is -3.16. The lowest BCUT2D eigenvalue weighted by molar-refractivity contribution is -0.124. The van der Waals surface area contributed by atoms with E-state index in [0.717, 1.165) is 5.56 Å². The Hall–Kier alpha value is -2.11. The second kappa shape index (κ2) is 8.32. The van der Waals surface area contributed by atoms with Gasteiger partial charge in [0.1, 0.15) is 5.75 Å². The Bertz CT molecular complexity index is 763. The molecule has 1 aliphatic heterocycles. The van der Waals surface area contributed by atoms with E-state index in [9.17, 15) is 13.2 Å². The van der Waals surface area contributed by atoms with E-state index in [1.165, 1.54) is 10.6 Å². The lowest BCUT2D eigenvalue weighted by atomic mass is 10.1. The quantitative estimate of drug-likeness (QED) is 0.812. The molecule has 8 heteroatoms. The minimum Gasteiger partial charge on any atom is -0.483 e. The number of carbonyl (C=O) groups is 1. The van der Waals surface area contributed by atoms with E-state index in [-0.39, 0.29) is 18.6 Å². The maximum atomic E-state index is 12.1. The molecule has 0 atom stereocenters. The van der Waals surface area contributed by atoms with Gasteiger partial charge in [0.25, 0.3) is 5.91 Å². The Morgan fingerprint density at radius 3 is 2.64 bits per heavy atom. The third-order valence-electron chi connectivity index (χ3n) is 4.22. The van der Waals surface area contributed by atoms with Gasteiger partial charge in [-0.1, -0.05) is 6.92 Å². The number of ether oxygens (including phenoxy) is 1. The second-order valence-electron chi connectivity index (χ2n) is 6.08. The van der Waals surface area contributed by atoms with Crippen LogP contribution in [-0.2, 0) is 21.2 Å². The smallest absolute Gasteiger partial charge is 0.258 e. The largest absolute Gasteiger partial charge is 0.483 e. The first kappa shape index (κ1) is 19.2. The first-order chi connectivity index (χ1) is 11.8. The van der Waals surface area contributed by atoms with E-state index in [4.69, 9.17) is 10.00 Å². The molecule has 0 aliphatic carbocycles. The van der Waals surface area contributed by atoms with Gasteiger partial charge >= 0.3 is 0 Å². The average Bonchev–Trinajstić information content (AvgIpc) is 2.59. The van der Waals surface area contributed by atoms with Crippen LogP contribution in [0, 0.1) is 11.3 Å². The number of carbonyl (C=O) groups excluding carboxylic acids is 1. The number of nitrogens with one attached hydrogen (secondary N) is 1. The molecule has 1 heterocycles. The molecular weight excluding hydrogens is 342 g/mol. The molecule has 1 amide bonds. The summed E-state index contributed by atoms with van der Waals surface area (Å²) in [7, 11) is -3.16. The van der Waals surface area contributed by atoms with Crippen molar-refractivity contribution in [3.63, 3.8) is 0 Å². The van der Waals surface area contributed by atoms with Crippen molar-refractivity contribution < 1.29 is 17.9 Å². The fraction of sp³-hybridized carbons (Fsp3) is 0.529. The van der Waals surface area contributed by atoms with Crippen LogP contribution in [0.25, 0.3) is 0 Å². The zero-order valence-electron chi connectivity index (χ0n) is 14.5. The van der Waals surface area contributed by atoms with E-state index in [1.54, 1.807) is 18.2 Å². The summed E-state index contributed by atoms with van der Waals surface area (Å²) in [6.45, 7) is 2.69. The van der Waals surface area contributed by atoms with Crippen LogP contribution in [0.4, 0.5) is 0 Å². The van der Waals surface area contributed by atoms with Crippen molar-refractivity contribution in [3.05, 3.63) is 29.3 Å². The molecule has 0 aromatic heterocycles. The van der Waals surface area contributed by atoms with E-state index >= 15 is 0 Å². The number of sulfonamides is 1. The van der Waals surface area contributed by atoms with Crippen molar-refractivity contribution in [2.24, 2.45) is 0 Å². The van der Waals surface area contributed by atoms with E-state index in [0.29, 0.717) is 43.7 Å². The summed E-state index contributed by atoms with van der Waals surface area (Å²) in [5.41, 5.74) is 1.44. The molecule has 2 rings (SSSR count). The lowest BCUT2D eigenvalue weighted by Gasteiger charge is -2.30. The first-order valence-electron chi connectivity index (χ1n) is 8.23. The van der Waals surface area contributed by atoms with E-state index in [2.05, 4.69) is 11.4 Å². The van der Waals surface area contributed by atoms with Crippen molar-refractivity contribution in [1.82, 2.24) is 9.62 Å². The summed E-state index contributed by atoms with van der Waals surface area (Å²) in [4.78, 5) is 12.1. The predicted molar refractivity (Wildman–Crippen MR) is 93.6 cm³/mol. The summed E-state index contributed by atoms with van der Waals surface area (Å²) in [5, 5.41) is 11.8. The third kappa shape index (κ3) is 5.44. The van der Waals surface area contributed by atoms with Crippen LogP contribution in [0.1, 0.15) is 30.9 Å². The molecule has 0 saturated carbocycles. The molecule has 0 bridgehead atoms. The molecule has 0 radical (unpaired) electrons. The lowest BCUT2D eigenvalue weighted by Crippen LogP contribution is -2.47. The standard InChI is InChI=1S/C17H23N3O4S/c1-3-14-10-13(11-18)4-5-16(14)24-12-17(21)19-15-6-8-20(9-7-15)25(2,22)23/h4-5,10,15H,3,6-9,12H2,1-2H3,(H,19,21). The highest BCUT2D eigenvalue weighted by molar-refractivity contribution is 7.88. The van der Waals surface area contributed by atoms with Crippen LogP contribution in [0.15, 0.2) is 18.2 Å². The summed E-state index contributed by atoms with van der Waals surface area (Å²) < 4.78 is 30.0. The number of hydrogen-bond acceptors (Lipinski definition) is 5. The Labute approximate surface area is 148 Å². The maximum Gasteiger partial charge on any atom is 0.258 e. The van der Waals surface area contributed by atoms with Crippen LogP contribution in [0.3, 0.4) is 0 Å². The van der Waals surface area contributed by atoms with Crippen molar-refractivity contribution >= 4 is 15.9 Å². The molecular formula is C17H23N3O4S. The van der Waals surface area contributed by atoms with Crippen LogP contribution in [-0.4, -0.2) is 50.6 Å². The Morgan fingerprint density at radius 1 is 1.40 bits per heavy atom. The number of nitrogens with zero attached hydrogens (tertiary/aromatic N) is 2. The fourth-order valence-corrected chi connectivity index (χ4v) is 3.68. The van der Waals surface area contributed by atoms with Gasteiger partial charge < -0.3 is 10.1 Å². The van der Waals surface area contributed by atoms with Gasteiger partial charge in [0.15, 0.2) is 6.61 Å². The Kier molecular flexibility index (Phi) is 6.39. The zero-order valence-corrected chi connectivity index (χ0v) is 15.3. The van der Waals surface area contributed by atoms with Gasteiger partial charge in [-0.2, -0.15) is 5.26 Å². The Balaban J connectivity index is 1.83. The van der Waals surface area contributed by atoms with E-state index < -0.39 is 10.0 Å². The Morgan fingerprint density at radius 2 is 2.08 bits per heavy atom. The van der Waals surface area contributed by atoms with Crippen LogP contribution < -0.4 is 10.1 Å². The molecule has 136 valence electrons. The average molecular weight is 365 g/mol. The molecule has 1 fully saturated rings. The van der Waals surface area contributed by atoms with Gasteiger partial charge in [0.2, 0.25) is 10.0 Å². The first-order valence-corrected chi connectivity index (χ1v) is 10.1. The molecule has 25 heavy (non-hydrogen) atoms. The molecule has 1 saturated heterocycles. The van der Waals surface area contributed by atoms with Crippen molar-refractivity contribution in [3.8, 4) is 11.8 Å². The van der Waals surface area contributed by atoms with Crippen molar-refractivity contribution in [2.75, 3.05) is 26.0 Å². The third-order valence-corrected chi connectivity index (χ3v) is 5.52. The molecule has 0 spiro atoms. The van der Waals surface area contributed by atoms with Gasteiger partial charge in [0, 0.05) is 19.1 Å². The maximum absolute atomic E-state index is 12.1. The van der Waals surface area contributed by atoms with Crippen molar-refractivity contribution in [1.29, 1.82) is 5.26 Å². The SMILES string of the molecule is CCc1cc(C#N)ccc1OCC(=O)NC1CCN(S(C)(=O)=O)CC1. The van der Waals surface area contributed by atoms with Crippen LogP contribution in [0.2, 0.25) is 0 Å². The number of nitriles is 1. The highest BCUT2D eigenvalue weighted by atomic mass is 32.2. The highest BCUT2D eigenvalue weighted by Gasteiger charge is 2.25. The number of aryl methyl sites for hydroxylation is 1. The zero-order chi connectivity index (χ0) is 18.4. The van der Waals surface area contributed by atoms with Gasteiger partial charge in [-0.3, -0.25) is 4.79 Å². The highest BCUT2D eigenvalue weighted by Crippen LogP contribution is 2.20. The van der Waals surface area contributed by atoms with Gasteiger partial charge in [-0.25, -0.2) is 12.7 Å². The summed E-state index contributed by atoms with van der Waals surface area (Å²) in [6.07, 6.45) is 3.09. The van der Waals surface area contributed by atoms with Crippen LogP contribution in [0.5, 0.6) is 5.75 Å². The van der Waals surface area contributed by atoms with Crippen LogP contribution >= 0.6 is 0 Å². The summed E-state index contributed by atoms with van der Waals surface area (Å²) in [5.74, 6) is 0.368. The molecule has 1 N–H and O–H groups in total. The van der Waals surface area contributed by atoms with Gasteiger partial charge in [0.05, 0.1) is 17.9 Å². The number of benzene rings is 1. The second-order valence-corrected chi connectivity index (χ2v) is 8.06. The number of rotatable bonds is 6. The summed E-state index contributed by atoms with van der Waals surface area (Å²) in [6, 6.07) is 7.16. The molecule has 0 unspecified atom stereocenters. The van der Waals surface area contributed by atoms with Gasteiger partial charge in [-0.05, 0) is 43.0 Å². The van der Waals surface area contributed by atoms with Crippen molar-refractivity contribution in [2.45, 2.75) is 32.2 Å². The normalized spacial score (nSPS) is 16.2. The number of hydrogen-bond donors (Lipinski definition) is 1. The summed E-state index contributed by atoms with van der Waals surface area (Å²) >= 11 is 0.